The predicted octanol–water partition coefficient (Wildman–Crippen LogP) is 5.87. The number of nitrogens with zero attached hydrogens (tertiary/aromatic N) is 3. The number of benzene rings is 2. The average Bonchev–Trinajstić information content (AvgIpc) is 3.33. The molecule has 1 saturated heterocycles. The van der Waals surface area contributed by atoms with Crippen molar-refractivity contribution >= 4 is 40.2 Å². The number of aryl methyl sites for hydroxylation is 2. The Labute approximate surface area is 206 Å². The van der Waals surface area contributed by atoms with E-state index in [9.17, 15) is 0 Å². The molecule has 0 saturated carbocycles. The van der Waals surface area contributed by atoms with Gasteiger partial charge in [0.1, 0.15) is 5.65 Å². The van der Waals surface area contributed by atoms with Gasteiger partial charge in [0.15, 0.2) is 0 Å². The van der Waals surface area contributed by atoms with Crippen molar-refractivity contribution in [2.45, 2.75) is 59.2 Å². The van der Waals surface area contributed by atoms with Gasteiger partial charge in [-0.1, -0.05) is 37.3 Å². The quantitative estimate of drug-likeness (QED) is 0.314. The fourth-order valence-corrected chi connectivity index (χ4v) is 5.16. The van der Waals surface area contributed by atoms with E-state index in [0.29, 0.717) is 0 Å². The minimum absolute atomic E-state index is 0.397. The summed E-state index contributed by atoms with van der Waals surface area (Å²) in [6.07, 6.45) is 2.79. The zero-order valence-electron chi connectivity index (χ0n) is 21.2. The summed E-state index contributed by atoms with van der Waals surface area (Å²) < 4.78 is 15.1. The Morgan fingerprint density at radius 1 is 0.914 bits per heavy atom. The van der Waals surface area contributed by atoms with Gasteiger partial charge in [0.2, 0.25) is 0 Å². The van der Waals surface area contributed by atoms with Gasteiger partial charge >= 0.3 is 7.12 Å². The van der Waals surface area contributed by atoms with Crippen molar-refractivity contribution in [1.82, 2.24) is 14.4 Å². The molecule has 5 nitrogen and oxygen atoms in total. The van der Waals surface area contributed by atoms with Crippen LogP contribution in [0, 0.1) is 6.92 Å². The van der Waals surface area contributed by atoms with Crippen LogP contribution in [-0.2, 0) is 15.7 Å². The van der Waals surface area contributed by atoms with E-state index in [2.05, 4.69) is 88.4 Å². The maximum Gasteiger partial charge on any atom is 0.494 e. The topological polar surface area (TPSA) is 48.7 Å². The van der Waals surface area contributed by atoms with Crippen LogP contribution >= 0.6 is 0 Å². The highest BCUT2D eigenvalue weighted by Crippen LogP contribution is 2.39. The molecule has 35 heavy (non-hydrogen) atoms. The van der Waals surface area contributed by atoms with Crippen molar-refractivity contribution in [3.63, 3.8) is 0 Å². The van der Waals surface area contributed by atoms with Gasteiger partial charge in [0.05, 0.1) is 33.4 Å². The van der Waals surface area contributed by atoms with E-state index >= 15 is 0 Å². The van der Waals surface area contributed by atoms with Gasteiger partial charge in [-0.25, -0.2) is 4.98 Å². The van der Waals surface area contributed by atoms with Gasteiger partial charge in [0.25, 0.3) is 0 Å². The van der Waals surface area contributed by atoms with Crippen LogP contribution in [0.3, 0.4) is 0 Å². The van der Waals surface area contributed by atoms with Crippen LogP contribution in [0.2, 0.25) is 0 Å². The van der Waals surface area contributed by atoms with Gasteiger partial charge in [-0.3, -0.25) is 9.38 Å². The van der Waals surface area contributed by atoms with Gasteiger partial charge in [-0.05, 0) is 76.3 Å². The minimum atomic E-state index is -0.431. The van der Waals surface area contributed by atoms with Gasteiger partial charge < -0.3 is 9.31 Å². The molecule has 0 spiro atoms. The van der Waals surface area contributed by atoms with Crippen LogP contribution < -0.4 is 5.46 Å². The van der Waals surface area contributed by atoms with E-state index in [0.717, 1.165) is 56.3 Å². The minimum Gasteiger partial charge on any atom is -0.399 e. The number of imidazole rings is 1. The molecule has 1 fully saturated rings. The lowest BCUT2D eigenvalue weighted by Gasteiger charge is -2.32. The number of rotatable bonds is 3. The van der Waals surface area contributed by atoms with Crippen LogP contribution in [-0.4, -0.2) is 32.7 Å². The van der Waals surface area contributed by atoms with Crippen LogP contribution in [0.25, 0.3) is 38.8 Å². The number of fused-ring (bicyclic) bond motifs is 5. The molecule has 5 aromatic rings. The lowest BCUT2D eigenvalue weighted by atomic mass is 9.78. The van der Waals surface area contributed by atoms with E-state index in [-0.39, 0.29) is 0 Å². The Bertz CT molecular complexity index is 1600. The van der Waals surface area contributed by atoms with Gasteiger partial charge in [-0.15, -0.1) is 0 Å². The fourth-order valence-electron chi connectivity index (χ4n) is 5.16. The van der Waals surface area contributed by atoms with E-state index in [1.807, 2.05) is 18.3 Å². The smallest absolute Gasteiger partial charge is 0.399 e. The summed E-state index contributed by atoms with van der Waals surface area (Å²) in [5.41, 5.74) is 8.83. The predicted molar refractivity (Wildman–Crippen MR) is 143 cm³/mol. The van der Waals surface area contributed by atoms with Crippen molar-refractivity contribution in [3.8, 4) is 11.3 Å². The Balaban J connectivity index is 1.70. The van der Waals surface area contributed by atoms with Crippen molar-refractivity contribution in [1.29, 1.82) is 0 Å². The van der Waals surface area contributed by atoms with Crippen LogP contribution in [0.15, 0.2) is 60.8 Å². The molecule has 0 amide bonds. The molecule has 1 aliphatic heterocycles. The van der Waals surface area contributed by atoms with E-state index in [1.54, 1.807) is 0 Å². The third kappa shape index (κ3) is 3.24. The number of para-hydroxylation sites is 2. The summed E-state index contributed by atoms with van der Waals surface area (Å²) in [4.78, 5) is 9.90. The Kier molecular flexibility index (Phi) is 4.86. The lowest BCUT2D eigenvalue weighted by Crippen LogP contribution is -2.41. The largest absolute Gasteiger partial charge is 0.494 e. The zero-order chi connectivity index (χ0) is 24.5. The standard InChI is InChI=1S/C29H30BN3O2/c1-7-19-11-10-16-31-26(19)25-18(2)27-32-22-12-8-9-13-23(22)33(27)24-17-20(14-15-21(24)25)30-34-28(3,4)29(5,6)35-30/h8-17H,7H2,1-6H3. The normalized spacial score (nSPS) is 17.1. The highest BCUT2D eigenvalue weighted by molar-refractivity contribution is 6.62. The molecule has 0 radical (unpaired) electrons. The Morgan fingerprint density at radius 2 is 1.66 bits per heavy atom. The molecule has 6 rings (SSSR count). The van der Waals surface area contributed by atoms with E-state index in [1.165, 1.54) is 5.56 Å². The summed E-state index contributed by atoms with van der Waals surface area (Å²) in [5, 5.41) is 1.15. The number of aromatic nitrogens is 3. The van der Waals surface area contributed by atoms with Crippen molar-refractivity contribution < 1.29 is 9.31 Å². The first kappa shape index (κ1) is 22.3. The molecular formula is C29H30BN3O2. The first-order valence-electron chi connectivity index (χ1n) is 12.3. The molecule has 176 valence electrons. The van der Waals surface area contributed by atoms with Gasteiger partial charge in [0, 0.05) is 22.7 Å². The maximum absolute atomic E-state index is 6.40. The van der Waals surface area contributed by atoms with Crippen molar-refractivity contribution in [2.75, 3.05) is 0 Å². The highest BCUT2D eigenvalue weighted by atomic mass is 16.7. The molecular weight excluding hydrogens is 433 g/mol. The second-order valence-electron chi connectivity index (χ2n) is 10.5. The summed E-state index contributed by atoms with van der Waals surface area (Å²) in [7, 11) is -0.431. The first-order chi connectivity index (χ1) is 16.7. The third-order valence-corrected chi connectivity index (χ3v) is 7.84. The molecule has 2 aromatic carbocycles. The Hall–Kier alpha value is -3.22. The number of pyridine rings is 2. The van der Waals surface area contributed by atoms with Crippen molar-refractivity contribution in [2.24, 2.45) is 0 Å². The van der Waals surface area contributed by atoms with Crippen molar-refractivity contribution in [3.05, 3.63) is 71.9 Å². The first-order valence-corrected chi connectivity index (χ1v) is 12.3. The van der Waals surface area contributed by atoms with Crippen LogP contribution in [0.4, 0.5) is 0 Å². The maximum atomic E-state index is 6.40. The SMILES string of the molecule is CCc1cccnc1-c1c(C)c2nc3ccccc3n2c2cc(B3OC(C)(C)C(C)(C)O3)ccc12. The lowest BCUT2D eigenvalue weighted by molar-refractivity contribution is 0.00578. The molecule has 0 atom stereocenters. The highest BCUT2D eigenvalue weighted by Gasteiger charge is 2.51. The van der Waals surface area contributed by atoms with Crippen LogP contribution in [0.1, 0.15) is 45.7 Å². The van der Waals surface area contributed by atoms with Crippen LogP contribution in [0.5, 0.6) is 0 Å². The summed E-state index contributed by atoms with van der Waals surface area (Å²) in [5.74, 6) is 0. The van der Waals surface area contributed by atoms with E-state index < -0.39 is 18.3 Å². The molecule has 4 heterocycles. The van der Waals surface area contributed by atoms with E-state index in [4.69, 9.17) is 19.3 Å². The molecule has 0 bridgehead atoms. The summed E-state index contributed by atoms with van der Waals surface area (Å²) in [6, 6.07) is 19.0. The molecule has 6 heteroatoms. The molecule has 0 aliphatic carbocycles. The molecule has 3 aromatic heterocycles. The second kappa shape index (κ2) is 7.64. The number of hydrogen-bond donors (Lipinski definition) is 0. The molecule has 0 N–H and O–H groups in total. The van der Waals surface area contributed by atoms with Gasteiger partial charge in [-0.2, -0.15) is 0 Å². The monoisotopic (exact) mass is 463 g/mol. The third-order valence-electron chi connectivity index (χ3n) is 7.84. The Morgan fingerprint density at radius 3 is 2.40 bits per heavy atom. The second-order valence-corrected chi connectivity index (χ2v) is 10.5. The molecule has 0 unspecified atom stereocenters. The summed E-state index contributed by atoms with van der Waals surface area (Å²) >= 11 is 0. The zero-order valence-corrected chi connectivity index (χ0v) is 21.2. The number of hydrogen-bond acceptors (Lipinski definition) is 4. The summed E-state index contributed by atoms with van der Waals surface area (Å²) in [6.45, 7) is 12.7. The fraction of sp³-hybridized carbons (Fsp3) is 0.310. The average molecular weight is 463 g/mol. The molecule has 1 aliphatic rings.